The quantitative estimate of drug-likeness (QED) is 0.164. The molecule has 2 fully saturated rings. The van der Waals surface area contributed by atoms with Gasteiger partial charge in [0.25, 0.3) is 0 Å². The van der Waals surface area contributed by atoms with Crippen molar-refractivity contribution in [2.75, 3.05) is 27.4 Å². The number of carbonyl (C=O) groups is 3. The molecule has 0 radical (unpaired) electrons. The normalized spacial score (nSPS) is 21.5. The summed E-state index contributed by atoms with van der Waals surface area (Å²) >= 11 is 0. The summed E-state index contributed by atoms with van der Waals surface area (Å²) in [5.41, 5.74) is 8.77. The number of likely N-dealkylation sites (tertiary alicyclic amines) is 2. The number of benzene rings is 2. The molecule has 8 rings (SSSR count). The Balaban J connectivity index is 1.03. The number of aryl methyl sites for hydroxylation is 2. The number of alkyl carbamates (subject to hydrolysis) is 1. The summed E-state index contributed by atoms with van der Waals surface area (Å²) in [4.78, 5) is 60.0. The molecule has 1 aliphatic carbocycles. The van der Waals surface area contributed by atoms with E-state index in [2.05, 4.69) is 52.5 Å². The zero-order valence-electron chi connectivity index (χ0n) is 34.7. The highest BCUT2D eigenvalue weighted by molar-refractivity contribution is 5.87. The van der Waals surface area contributed by atoms with Gasteiger partial charge in [-0.25, -0.2) is 19.6 Å². The maximum absolute atomic E-state index is 14.0. The largest absolute Gasteiger partial charge is 0.488 e. The molecule has 3 N–H and O–H groups in total. The Morgan fingerprint density at radius 2 is 1.79 bits per heavy atom. The number of hydrogen-bond acceptors (Lipinski definition) is 9. The van der Waals surface area contributed by atoms with Crippen molar-refractivity contribution in [1.82, 2.24) is 35.1 Å². The van der Waals surface area contributed by atoms with E-state index in [9.17, 15) is 14.4 Å². The highest BCUT2D eigenvalue weighted by atomic mass is 16.6. The second kappa shape index (κ2) is 15.4. The first-order valence-corrected chi connectivity index (χ1v) is 20.5. The van der Waals surface area contributed by atoms with Crippen LogP contribution in [0.3, 0.4) is 0 Å². The first-order chi connectivity index (χ1) is 27.7. The molecule has 3 amide bonds. The molecule has 58 heavy (non-hydrogen) atoms. The molecule has 2 aromatic carbocycles. The maximum atomic E-state index is 14.0. The highest BCUT2D eigenvalue weighted by Gasteiger charge is 2.43. The Morgan fingerprint density at radius 1 is 0.983 bits per heavy atom. The van der Waals surface area contributed by atoms with Gasteiger partial charge in [-0.1, -0.05) is 26.0 Å². The molecule has 308 valence electrons. The summed E-state index contributed by atoms with van der Waals surface area (Å²) < 4.78 is 22.5. The predicted octanol–water partition coefficient (Wildman–Crippen LogP) is 7.50. The Hall–Kier alpha value is -5.37. The van der Waals surface area contributed by atoms with Crippen molar-refractivity contribution in [3.05, 3.63) is 65.0 Å². The molecule has 14 nitrogen and oxygen atoms in total. The third-order valence-corrected chi connectivity index (χ3v) is 12.0. The summed E-state index contributed by atoms with van der Waals surface area (Å²) in [5.74, 6) is 2.26. The number of aromatic amines is 2. The third kappa shape index (κ3) is 7.42. The molecular formula is C44H55N7O7. The number of ether oxygens (including phenoxy) is 4. The minimum atomic E-state index is -0.705. The molecule has 1 unspecified atom stereocenters. The number of amides is 3. The van der Waals surface area contributed by atoms with Crippen LogP contribution >= 0.6 is 0 Å². The summed E-state index contributed by atoms with van der Waals surface area (Å²) in [6, 6.07) is 9.63. The predicted molar refractivity (Wildman–Crippen MR) is 217 cm³/mol. The zero-order chi connectivity index (χ0) is 41.0. The van der Waals surface area contributed by atoms with E-state index in [1.54, 1.807) is 12.0 Å². The van der Waals surface area contributed by atoms with Gasteiger partial charge in [0.1, 0.15) is 35.6 Å². The number of methoxy groups -OCH3 is 2. The lowest BCUT2D eigenvalue weighted by Gasteiger charge is -2.32. The number of carbonyl (C=O) groups excluding carboxylic acids is 3. The highest BCUT2D eigenvalue weighted by Crippen LogP contribution is 2.46. The van der Waals surface area contributed by atoms with Crippen LogP contribution in [-0.4, -0.2) is 92.9 Å². The van der Waals surface area contributed by atoms with Gasteiger partial charge in [0, 0.05) is 36.7 Å². The Kier molecular flexibility index (Phi) is 10.5. The summed E-state index contributed by atoms with van der Waals surface area (Å²) in [5, 5.41) is 2.75. The van der Waals surface area contributed by atoms with Gasteiger partial charge in [0.2, 0.25) is 5.91 Å². The number of fused-ring (bicyclic) bond motifs is 6. The van der Waals surface area contributed by atoms with E-state index < -0.39 is 17.7 Å². The van der Waals surface area contributed by atoms with E-state index in [-0.39, 0.29) is 42.0 Å². The van der Waals surface area contributed by atoms with Crippen LogP contribution in [0, 0.1) is 11.8 Å². The number of imidazole rings is 2. The minimum absolute atomic E-state index is 0.000371. The molecule has 4 aromatic rings. The molecule has 5 atom stereocenters. The van der Waals surface area contributed by atoms with Crippen LogP contribution in [0.1, 0.15) is 101 Å². The molecule has 0 bridgehead atoms. The van der Waals surface area contributed by atoms with Gasteiger partial charge >= 0.3 is 12.2 Å². The van der Waals surface area contributed by atoms with Crippen LogP contribution in [-0.2, 0) is 38.5 Å². The third-order valence-electron chi connectivity index (χ3n) is 12.0. The number of hydrogen-bond donors (Lipinski definition) is 3. The molecule has 5 heterocycles. The number of H-pyrrole nitrogens is 2. The van der Waals surface area contributed by atoms with Gasteiger partial charge in [-0.3, -0.25) is 9.69 Å². The second-order valence-corrected chi connectivity index (χ2v) is 17.5. The molecule has 4 aliphatic rings. The monoisotopic (exact) mass is 793 g/mol. The standard InChI is InChI=1S/C44H55N7O7/c1-23(2)37(49-42(53)56-8)41(52)51-24(3)9-14-34(51)40-46-32-13-11-26-17-31-29-12-10-27(16-28(29)22-57-36(31)18-30(26)38(32)48-40)33-19-45-39(47-33)35-15-25(21-55-7)20-50(35)43(54)58-44(4,5)6/h10,12,16-19,23-25,34-35,37H,9,11,13-15,20-22H2,1-8H3,(H,45,47)(H,46,48)(H,49,53)/t24-,25?,34-,35-,37-/m0/s1. The average molecular weight is 794 g/mol. The number of nitrogens with one attached hydrogen (secondary N) is 3. The van der Waals surface area contributed by atoms with Crippen LogP contribution in [0.25, 0.3) is 33.6 Å². The minimum Gasteiger partial charge on any atom is -0.488 e. The molecular weight excluding hydrogens is 739 g/mol. The van der Waals surface area contributed by atoms with Crippen molar-refractivity contribution < 1.29 is 33.3 Å². The van der Waals surface area contributed by atoms with Crippen molar-refractivity contribution >= 4 is 18.1 Å². The van der Waals surface area contributed by atoms with Crippen LogP contribution in [0.4, 0.5) is 9.59 Å². The van der Waals surface area contributed by atoms with Crippen molar-refractivity contribution in [1.29, 1.82) is 0 Å². The van der Waals surface area contributed by atoms with Crippen molar-refractivity contribution in [2.45, 2.75) is 110 Å². The lowest BCUT2D eigenvalue weighted by atomic mass is 9.86. The molecule has 2 aromatic heterocycles. The smallest absolute Gasteiger partial charge is 0.410 e. The number of nitrogens with zero attached hydrogens (tertiary/aromatic N) is 4. The maximum Gasteiger partial charge on any atom is 0.410 e. The number of rotatable bonds is 8. The molecule has 0 saturated carbocycles. The fraction of sp³-hybridized carbons (Fsp3) is 0.523. The summed E-state index contributed by atoms with van der Waals surface area (Å²) in [7, 11) is 2.99. The van der Waals surface area contributed by atoms with Gasteiger partial charge in [0.05, 0.1) is 49.1 Å². The Labute approximate surface area is 339 Å². The average Bonchev–Trinajstić information content (AvgIpc) is 4.00. The van der Waals surface area contributed by atoms with E-state index in [1.807, 2.05) is 45.7 Å². The molecule has 0 spiro atoms. The Morgan fingerprint density at radius 3 is 2.53 bits per heavy atom. The lowest BCUT2D eigenvalue weighted by molar-refractivity contribution is -0.137. The Bertz CT molecular complexity index is 2220. The van der Waals surface area contributed by atoms with E-state index in [1.165, 1.54) is 12.7 Å². The second-order valence-electron chi connectivity index (χ2n) is 17.5. The molecule has 14 heteroatoms. The van der Waals surface area contributed by atoms with E-state index in [0.29, 0.717) is 19.8 Å². The van der Waals surface area contributed by atoms with Crippen molar-refractivity contribution in [2.24, 2.45) is 11.8 Å². The van der Waals surface area contributed by atoms with E-state index in [4.69, 9.17) is 28.9 Å². The van der Waals surface area contributed by atoms with E-state index in [0.717, 1.165) is 94.4 Å². The first kappa shape index (κ1) is 39.5. The first-order valence-electron chi connectivity index (χ1n) is 20.5. The van der Waals surface area contributed by atoms with Crippen molar-refractivity contribution in [3.8, 4) is 39.4 Å². The summed E-state index contributed by atoms with van der Waals surface area (Å²) in [6.45, 7) is 13.0. The van der Waals surface area contributed by atoms with Gasteiger partial charge in [-0.2, -0.15) is 0 Å². The fourth-order valence-corrected chi connectivity index (χ4v) is 9.13. The zero-order valence-corrected chi connectivity index (χ0v) is 34.7. The van der Waals surface area contributed by atoms with Crippen LogP contribution < -0.4 is 10.1 Å². The van der Waals surface area contributed by atoms with Crippen LogP contribution in [0.2, 0.25) is 0 Å². The van der Waals surface area contributed by atoms with Gasteiger partial charge in [-0.15, -0.1) is 0 Å². The van der Waals surface area contributed by atoms with E-state index >= 15 is 0 Å². The molecule has 3 aliphatic heterocycles. The summed E-state index contributed by atoms with van der Waals surface area (Å²) in [6.07, 6.45) is 4.83. The fourth-order valence-electron chi connectivity index (χ4n) is 9.13. The topological polar surface area (TPSA) is 164 Å². The lowest BCUT2D eigenvalue weighted by Crippen LogP contribution is -2.52. The SMILES string of the molecule is COCC1C[C@@H](c2ncc(-c3ccc4c(c3)COc3cc5c(cc3-4)CCc3nc([C@@H]4CC[C@H](C)N4C(=O)[C@@H](NC(=O)OC)C(C)C)[nH]c3-5)[nH]2)N(C(=O)OC(C)(C)C)C1. The van der Waals surface area contributed by atoms with Crippen molar-refractivity contribution in [3.63, 3.8) is 0 Å². The van der Waals surface area contributed by atoms with Gasteiger partial charge in [-0.05, 0) is 106 Å². The van der Waals surface area contributed by atoms with Gasteiger partial charge < -0.3 is 39.1 Å². The van der Waals surface area contributed by atoms with Gasteiger partial charge in [0.15, 0.2) is 0 Å². The van der Waals surface area contributed by atoms with Crippen LogP contribution in [0.15, 0.2) is 36.5 Å². The van der Waals surface area contributed by atoms with Crippen LogP contribution in [0.5, 0.6) is 5.75 Å². The number of aromatic nitrogens is 4. The molecule has 2 saturated heterocycles.